The Kier molecular flexibility index (Phi) is 2.06. The number of benzene rings is 1. The normalized spacial score (nSPS) is 25.3. The van der Waals surface area contributed by atoms with E-state index in [0.717, 1.165) is 23.0 Å². The van der Waals surface area contributed by atoms with E-state index in [2.05, 4.69) is 20.8 Å². The van der Waals surface area contributed by atoms with Crippen LogP contribution < -0.4 is 22.3 Å². The highest BCUT2D eigenvalue weighted by molar-refractivity contribution is 5.75. The lowest BCUT2D eigenvalue weighted by Crippen LogP contribution is -2.36. The summed E-state index contributed by atoms with van der Waals surface area (Å²) in [4.78, 5) is 16.6. The van der Waals surface area contributed by atoms with E-state index >= 15 is 0 Å². The van der Waals surface area contributed by atoms with Gasteiger partial charge >= 0.3 is 5.69 Å². The second-order valence-corrected chi connectivity index (χ2v) is 4.07. The van der Waals surface area contributed by atoms with Crippen LogP contribution in [-0.4, -0.2) is 16.1 Å². The molecule has 0 amide bonds. The van der Waals surface area contributed by atoms with Crippen molar-refractivity contribution in [3.63, 3.8) is 0 Å². The molecule has 1 aromatic carbocycles. The number of hydrogen-bond donors (Lipinski definition) is 5. The van der Waals surface area contributed by atoms with Gasteiger partial charge in [0.25, 0.3) is 0 Å². The van der Waals surface area contributed by atoms with Crippen molar-refractivity contribution in [3.05, 3.63) is 34.2 Å². The molecule has 0 radical (unpaired) electrons. The largest absolute Gasteiger partial charge is 0.323 e. The molecule has 3 rings (SSSR count). The third-order valence-electron chi connectivity index (χ3n) is 2.87. The molecule has 0 bridgehead atoms. The lowest BCUT2D eigenvalue weighted by molar-refractivity contribution is 0.552. The van der Waals surface area contributed by atoms with Crippen LogP contribution in [0.15, 0.2) is 23.0 Å². The van der Waals surface area contributed by atoms with E-state index < -0.39 is 0 Å². The molecule has 6 heteroatoms. The lowest BCUT2D eigenvalue weighted by atomic mass is 10.0. The molecule has 1 fully saturated rings. The van der Waals surface area contributed by atoms with Gasteiger partial charge in [-0.3, -0.25) is 0 Å². The number of imidazole rings is 1. The summed E-state index contributed by atoms with van der Waals surface area (Å²) in [5.41, 5.74) is 14.4. The van der Waals surface area contributed by atoms with Gasteiger partial charge in [0.1, 0.15) is 0 Å². The Bertz CT molecular complexity index is 572. The first-order valence-corrected chi connectivity index (χ1v) is 5.21. The van der Waals surface area contributed by atoms with Crippen molar-refractivity contribution >= 4 is 11.0 Å². The molecular weight excluding hydrogens is 206 g/mol. The average Bonchev–Trinajstić information content (AvgIpc) is 2.81. The highest BCUT2D eigenvalue weighted by atomic mass is 16.1. The number of nitrogens with one attached hydrogen (secondary N) is 4. The summed E-state index contributed by atoms with van der Waals surface area (Å²) >= 11 is 0. The summed E-state index contributed by atoms with van der Waals surface area (Å²) in [6, 6.07) is 6.04. The molecule has 1 aliphatic rings. The molecule has 0 aliphatic carbocycles. The minimum Gasteiger partial charge on any atom is -0.315 e. The summed E-state index contributed by atoms with van der Waals surface area (Å²) in [6.07, 6.45) is 0.811. The van der Waals surface area contributed by atoms with E-state index in [1.165, 1.54) is 0 Å². The number of H-pyrrole nitrogens is 2. The Morgan fingerprint density at radius 3 is 2.75 bits per heavy atom. The van der Waals surface area contributed by atoms with Crippen LogP contribution in [-0.2, 0) is 0 Å². The van der Waals surface area contributed by atoms with Gasteiger partial charge in [0, 0.05) is 6.04 Å². The number of hydrogen-bond acceptors (Lipinski definition) is 4. The number of aromatic amines is 2. The van der Waals surface area contributed by atoms with Crippen LogP contribution in [0, 0.1) is 0 Å². The molecule has 1 saturated heterocycles. The highest BCUT2D eigenvalue weighted by Gasteiger charge is 2.22. The fourth-order valence-corrected chi connectivity index (χ4v) is 2.07. The summed E-state index contributed by atoms with van der Waals surface area (Å²) < 4.78 is 0. The molecule has 2 aromatic rings. The van der Waals surface area contributed by atoms with Gasteiger partial charge in [0.05, 0.1) is 17.2 Å². The van der Waals surface area contributed by atoms with Crippen LogP contribution in [0.4, 0.5) is 0 Å². The number of rotatable bonds is 1. The van der Waals surface area contributed by atoms with Crippen molar-refractivity contribution in [1.82, 2.24) is 20.8 Å². The van der Waals surface area contributed by atoms with Gasteiger partial charge in [0.15, 0.2) is 0 Å². The van der Waals surface area contributed by atoms with E-state index in [1.54, 1.807) is 0 Å². The molecule has 16 heavy (non-hydrogen) atoms. The summed E-state index contributed by atoms with van der Waals surface area (Å²) in [7, 11) is 0. The fraction of sp³-hybridized carbons (Fsp3) is 0.300. The molecule has 6 nitrogen and oxygen atoms in total. The van der Waals surface area contributed by atoms with Crippen LogP contribution in [0.25, 0.3) is 11.0 Å². The predicted octanol–water partition coefficient (Wildman–Crippen LogP) is -0.320. The third kappa shape index (κ3) is 1.53. The van der Waals surface area contributed by atoms with Crippen molar-refractivity contribution in [1.29, 1.82) is 0 Å². The van der Waals surface area contributed by atoms with Gasteiger partial charge in [0.2, 0.25) is 0 Å². The zero-order valence-electron chi connectivity index (χ0n) is 8.58. The summed E-state index contributed by atoms with van der Waals surface area (Å²) in [5.74, 6) is 0. The third-order valence-corrected chi connectivity index (χ3v) is 2.87. The summed E-state index contributed by atoms with van der Waals surface area (Å²) in [6.45, 7) is 0. The Morgan fingerprint density at radius 1 is 1.19 bits per heavy atom. The average molecular weight is 219 g/mol. The monoisotopic (exact) mass is 219 g/mol. The van der Waals surface area contributed by atoms with Gasteiger partial charge in [-0.15, -0.1) is 0 Å². The number of aromatic nitrogens is 2. The van der Waals surface area contributed by atoms with Crippen LogP contribution >= 0.6 is 0 Å². The molecule has 0 saturated carbocycles. The number of fused-ring (bicyclic) bond motifs is 1. The second-order valence-electron chi connectivity index (χ2n) is 4.07. The molecule has 2 atom stereocenters. The molecule has 2 heterocycles. The first-order valence-electron chi connectivity index (χ1n) is 5.21. The Labute approximate surface area is 91.2 Å². The molecule has 1 aromatic heterocycles. The van der Waals surface area contributed by atoms with E-state index in [9.17, 15) is 4.79 Å². The van der Waals surface area contributed by atoms with Crippen LogP contribution in [0.2, 0.25) is 0 Å². The molecule has 84 valence electrons. The maximum atomic E-state index is 11.1. The van der Waals surface area contributed by atoms with E-state index in [4.69, 9.17) is 5.73 Å². The zero-order valence-corrected chi connectivity index (χ0v) is 8.58. The van der Waals surface area contributed by atoms with Crippen molar-refractivity contribution in [2.45, 2.75) is 18.6 Å². The summed E-state index contributed by atoms with van der Waals surface area (Å²) in [5, 5.41) is 0. The highest BCUT2D eigenvalue weighted by Crippen LogP contribution is 2.22. The topological polar surface area (TPSA) is 98.7 Å². The molecule has 1 aliphatic heterocycles. The maximum Gasteiger partial charge on any atom is 0.323 e. The predicted molar refractivity (Wildman–Crippen MR) is 60.5 cm³/mol. The van der Waals surface area contributed by atoms with Crippen LogP contribution in [0.1, 0.15) is 18.0 Å². The zero-order chi connectivity index (χ0) is 11.1. The smallest absolute Gasteiger partial charge is 0.315 e. The Balaban J connectivity index is 2.01. The standard InChI is InChI=1S/C10H13N5O/c11-9-4-7(14-15-9)5-1-2-6-8(3-5)13-10(16)12-6/h1-3,7,9,14-15H,4,11H2,(H2,12,13,16). The SMILES string of the molecule is NC1CC(c2ccc3[nH]c(=O)[nH]c3c2)NN1. The van der Waals surface area contributed by atoms with E-state index in [-0.39, 0.29) is 17.9 Å². The van der Waals surface area contributed by atoms with Crippen molar-refractivity contribution in [3.8, 4) is 0 Å². The quantitative estimate of drug-likeness (QED) is 0.454. The maximum absolute atomic E-state index is 11.1. The first-order chi connectivity index (χ1) is 7.72. The van der Waals surface area contributed by atoms with Crippen molar-refractivity contribution in [2.24, 2.45) is 5.73 Å². The fourth-order valence-electron chi connectivity index (χ4n) is 2.07. The van der Waals surface area contributed by atoms with E-state index in [0.29, 0.717) is 0 Å². The van der Waals surface area contributed by atoms with Gasteiger partial charge in [-0.2, -0.15) is 0 Å². The van der Waals surface area contributed by atoms with Crippen molar-refractivity contribution in [2.75, 3.05) is 0 Å². The molecule has 0 spiro atoms. The number of nitrogens with two attached hydrogens (primary N) is 1. The molecule has 6 N–H and O–H groups in total. The van der Waals surface area contributed by atoms with Gasteiger partial charge in [-0.25, -0.2) is 15.6 Å². The molecular formula is C10H13N5O. The van der Waals surface area contributed by atoms with Crippen LogP contribution in [0.3, 0.4) is 0 Å². The van der Waals surface area contributed by atoms with Crippen LogP contribution in [0.5, 0.6) is 0 Å². The van der Waals surface area contributed by atoms with Gasteiger partial charge in [-0.1, -0.05) is 6.07 Å². The Morgan fingerprint density at radius 2 is 2.00 bits per heavy atom. The van der Waals surface area contributed by atoms with Crippen molar-refractivity contribution < 1.29 is 0 Å². The lowest BCUT2D eigenvalue weighted by Gasteiger charge is -2.08. The Hall–Kier alpha value is -1.63. The number of hydrazine groups is 1. The molecule has 2 unspecified atom stereocenters. The second kappa shape index (κ2) is 3.44. The van der Waals surface area contributed by atoms with E-state index in [1.807, 2.05) is 18.2 Å². The first kappa shape index (κ1) is 9.59. The minimum absolute atomic E-state index is 0.0222. The van der Waals surface area contributed by atoms with Gasteiger partial charge in [-0.05, 0) is 24.1 Å². The minimum atomic E-state index is -0.179. The van der Waals surface area contributed by atoms with Gasteiger partial charge < -0.3 is 15.7 Å².